The smallest absolute Gasteiger partial charge is 0.335 e. The SMILES string of the molecule is N=C1C=CC(C(=O)O)=CC1. The topological polar surface area (TPSA) is 61.2 Å². The Morgan fingerprint density at radius 1 is 1.60 bits per heavy atom. The van der Waals surface area contributed by atoms with Crippen molar-refractivity contribution in [2.24, 2.45) is 0 Å². The highest BCUT2D eigenvalue weighted by molar-refractivity contribution is 6.00. The van der Waals surface area contributed by atoms with Crippen molar-refractivity contribution in [1.82, 2.24) is 0 Å². The molecule has 0 aliphatic heterocycles. The van der Waals surface area contributed by atoms with Crippen molar-refractivity contribution in [3.63, 3.8) is 0 Å². The summed E-state index contributed by atoms with van der Waals surface area (Å²) >= 11 is 0. The first-order valence-electron chi connectivity index (χ1n) is 2.89. The van der Waals surface area contributed by atoms with E-state index in [9.17, 15) is 4.79 Å². The van der Waals surface area contributed by atoms with Gasteiger partial charge in [0.25, 0.3) is 0 Å². The van der Waals surface area contributed by atoms with Crippen LogP contribution in [-0.4, -0.2) is 16.8 Å². The maximum atomic E-state index is 10.3. The minimum atomic E-state index is -0.927. The van der Waals surface area contributed by atoms with E-state index in [2.05, 4.69) is 0 Å². The Kier molecular flexibility index (Phi) is 1.67. The molecule has 10 heavy (non-hydrogen) atoms. The molecule has 0 amide bonds. The van der Waals surface area contributed by atoms with Crippen molar-refractivity contribution in [2.45, 2.75) is 6.42 Å². The maximum Gasteiger partial charge on any atom is 0.335 e. The fraction of sp³-hybridized carbons (Fsp3) is 0.143. The van der Waals surface area contributed by atoms with Crippen molar-refractivity contribution in [3.05, 3.63) is 23.8 Å². The minimum absolute atomic E-state index is 0.274. The first-order valence-corrected chi connectivity index (χ1v) is 2.89. The molecule has 3 nitrogen and oxygen atoms in total. The molecule has 0 bridgehead atoms. The molecule has 0 saturated heterocycles. The Hall–Kier alpha value is -1.38. The number of allylic oxidation sites excluding steroid dienone is 2. The van der Waals surface area contributed by atoms with Gasteiger partial charge in [-0.15, -0.1) is 0 Å². The maximum absolute atomic E-state index is 10.3. The lowest BCUT2D eigenvalue weighted by Gasteiger charge is -2.00. The third kappa shape index (κ3) is 1.31. The average molecular weight is 137 g/mol. The molecule has 0 radical (unpaired) electrons. The molecule has 0 aromatic rings. The van der Waals surface area contributed by atoms with E-state index in [1.165, 1.54) is 18.2 Å². The number of carboxylic acid groups (broad SMARTS) is 1. The molecule has 1 rings (SSSR count). The molecule has 0 fully saturated rings. The van der Waals surface area contributed by atoms with E-state index in [-0.39, 0.29) is 5.57 Å². The highest BCUT2D eigenvalue weighted by Gasteiger charge is 2.06. The van der Waals surface area contributed by atoms with E-state index in [1.54, 1.807) is 0 Å². The number of rotatable bonds is 1. The third-order valence-electron chi connectivity index (χ3n) is 1.25. The predicted octanol–water partition coefficient (Wildman–Crippen LogP) is 0.977. The standard InChI is InChI=1S/C7H7NO2/c8-6-3-1-5(2-4-6)7(9)10/h1-3,8H,4H2,(H,9,10). The van der Waals surface area contributed by atoms with Crippen LogP contribution >= 0.6 is 0 Å². The molecule has 1 aliphatic carbocycles. The quantitative estimate of drug-likeness (QED) is 0.565. The lowest BCUT2D eigenvalue weighted by atomic mass is 10.1. The van der Waals surface area contributed by atoms with Gasteiger partial charge in [0.15, 0.2) is 0 Å². The van der Waals surface area contributed by atoms with Crippen molar-refractivity contribution in [2.75, 3.05) is 0 Å². The molecule has 0 atom stereocenters. The monoisotopic (exact) mass is 137 g/mol. The lowest BCUT2D eigenvalue weighted by Crippen LogP contribution is -2.03. The highest BCUT2D eigenvalue weighted by Crippen LogP contribution is 2.06. The van der Waals surface area contributed by atoms with Crippen LogP contribution in [-0.2, 0) is 4.79 Å². The largest absolute Gasteiger partial charge is 0.478 e. The number of hydrogen-bond acceptors (Lipinski definition) is 2. The van der Waals surface area contributed by atoms with E-state index in [4.69, 9.17) is 10.5 Å². The number of hydrogen-bond donors (Lipinski definition) is 2. The van der Waals surface area contributed by atoms with Crippen LogP contribution in [0.15, 0.2) is 23.8 Å². The van der Waals surface area contributed by atoms with Crippen molar-refractivity contribution in [3.8, 4) is 0 Å². The molecule has 0 aromatic heterocycles. The van der Waals surface area contributed by atoms with Crippen LogP contribution in [0.4, 0.5) is 0 Å². The average Bonchev–Trinajstić information content (AvgIpc) is 1.88. The Balaban J connectivity index is 2.77. The van der Waals surface area contributed by atoms with Crippen molar-refractivity contribution in [1.29, 1.82) is 5.41 Å². The molecule has 0 spiro atoms. The molecule has 3 heteroatoms. The predicted molar refractivity (Wildman–Crippen MR) is 37.2 cm³/mol. The summed E-state index contributed by atoms with van der Waals surface area (Å²) in [5.74, 6) is -0.927. The zero-order chi connectivity index (χ0) is 7.56. The Morgan fingerprint density at radius 3 is 2.70 bits per heavy atom. The number of nitrogens with one attached hydrogen (secondary N) is 1. The summed E-state index contributed by atoms with van der Waals surface area (Å²) in [5.41, 5.74) is 0.723. The van der Waals surface area contributed by atoms with E-state index in [0.717, 1.165) is 0 Å². The van der Waals surface area contributed by atoms with Crippen LogP contribution in [0.3, 0.4) is 0 Å². The molecule has 0 unspecified atom stereocenters. The van der Waals surface area contributed by atoms with Crippen LogP contribution < -0.4 is 0 Å². The molecular weight excluding hydrogens is 130 g/mol. The molecule has 52 valence electrons. The number of aliphatic carboxylic acids is 1. The summed E-state index contributed by atoms with van der Waals surface area (Å²) < 4.78 is 0. The number of carboxylic acids is 1. The minimum Gasteiger partial charge on any atom is -0.478 e. The van der Waals surface area contributed by atoms with Gasteiger partial charge in [-0.05, 0) is 12.2 Å². The second-order valence-electron chi connectivity index (χ2n) is 2.03. The van der Waals surface area contributed by atoms with Gasteiger partial charge in [-0.1, -0.05) is 6.08 Å². The van der Waals surface area contributed by atoms with Crippen LogP contribution in [0.1, 0.15) is 6.42 Å². The summed E-state index contributed by atoms with van der Waals surface area (Å²) in [6.45, 7) is 0. The van der Waals surface area contributed by atoms with E-state index in [1.807, 2.05) is 0 Å². The van der Waals surface area contributed by atoms with Gasteiger partial charge in [-0.3, -0.25) is 0 Å². The summed E-state index contributed by atoms with van der Waals surface area (Å²) in [7, 11) is 0. The van der Waals surface area contributed by atoms with E-state index >= 15 is 0 Å². The van der Waals surface area contributed by atoms with E-state index < -0.39 is 5.97 Å². The van der Waals surface area contributed by atoms with Crippen LogP contribution in [0.2, 0.25) is 0 Å². The summed E-state index contributed by atoms with van der Waals surface area (Å²) in [6, 6.07) is 0. The van der Waals surface area contributed by atoms with Gasteiger partial charge in [0.1, 0.15) is 0 Å². The Labute approximate surface area is 58.2 Å². The fourth-order valence-corrected chi connectivity index (χ4v) is 0.705. The molecule has 1 aliphatic rings. The van der Waals surface area contributed by atoms with Gasteiger partial charge in [-0.2, -0.15) is 0 Å². The fourth-order valence-electron chi connectivity index (χ4n) is 0.705. The van der Waals surface area contributed by atoms with Gasteiger partial charge in [-0.25, -0.2) is 4.79 Å². The van der Waals surface area contributed by atoms with Gasteiger partial charge in [0.05, 0.1) is 5.57 Å². The molecule has 2 N–H and O–H groups in total. The first kappa shape index (κ1) is 6.74. The van der Waals surface area contributed by atoms with Gasteiger partial charge in [0.2, 0.25) is 0 Å². The van der Waals surface area contributed by atoms with Crippen molar-refractivity contribution >= 4 is 11.7 Å². The summed E-state index contributed by atoms with van der Waals surface area (Å²) in [6.07, 6.45) is 4.90. The molecule has 0 saturated carbocycles. The zero-order valence-corrected chi connectivity index (χ0v) is 5.29. The van der Waals surface area contributed by atoms with Gasteiger partial charge < -0.3 is 10.5 Å². The Bertz CT molecular complexity index is 238. The van der Waals surface area contributed by atoms with Gasteiger partial charge in [0, 0.05) is 12.1 Å². The van der Waals surface area contributed by atoms with Gasteiger partial charge >= 0.3 is 5.97 Å². The third-order valence-corrected chi connectivity index (χ3v) is 1.25. The normalized spacial score (nSPS) is 16.8. The number of carbonyl (C=O) groups is 1. The molecular formula is C7H7NO2. The van der Waals surface area contributed by atoms with E-state index in [0.29, 0.717) is 12.1 Å². The second-order valence-corrected chi connectivity index (χ2v) is 2.03. The summed E-state index contributed by atoms with van der Waals surface area (Å²) in [5, 5.41) is 15.5. The van der Waals surface area contributed by atoms with Crippen LogP contribution in [0.25, 0.3) is 0 Å². The second kappa shape index (κ2) is 2.47. The van der Waals surface area contributed by atoms with Crippen molar-refractivity contribution < 1.29 is 9.90 Å². The molecule has 0 heterocycles. The molecule has 0 aromatic carbocycles. The lowest BCUT2D eigenvalue weighted by molar-refractivity contribution is -0.132. The van der Waals surface area contributed by atoms with Crippen LogP contribution in [0.5, 0.6) is 0 Å². The van der Waals surface area contributed by atoms with Crippen LogP contribution in [0, 0.1) is 5.41 Å². The highest BCUT2D eigenvalue weighted by atomic mass is 16.4. The first-order chi connectivity index (χ1) is 4.70. The zero-order valence-electron chi connectivity index (χ0n) is 5.29. The Morgan fingerprint density at radius 2 is 2.30 bits per heavy atom. The summed E-state index contributed by atoms with van der Waals surface area (Å²) in [4.78, 5) is 10.3.